The first-order valence-electron chi connectivity index (χ1n) is 5.27. The molecular formula is C12H11N3O3. The molecule has 0 bridgehead atoms. The largest absolute Gasteiger partial charge is 0.439 e. The topological polar surface area (TPSA) is 91.3 Å². The highest BCUT2D eigenvalue weighted by molar-refractivity contribution is 5.38. The van der Waals surface area contributed by atoms with Gasteiger partial charge in [-0.2, -0.15) is 0 Å². The molecule has 2 aromatic rings. The molecule has 1 aromatic carbocycles. The first-order chi connectivity index (χ1) is 8.70. The van der Waals surface area contributed by atoms with Gasteiger partial charge in [0.15, 0.2) is 0 Å². The molecule has 0 fully saturated rings. The Labute approximate surface area is 103 Å². The average Bonchev–Trinajstić information content (AvgIpc) is 2.40. The molecule has 1 aromatic heterocycles. The number of hydrogen-bond donors (Lipinski definition) is 1. The van der Waals surface area contributed by atoms with E-state index >= 15 is 0 Å². The molecule has 6 heteroatoms. The van der Waals surface area contributed by atoms with Crippen molar-refractivity contribution in [3.8, 4) is 11.6 Å². The predicted molar refractivity (Wildman–Crippen MR) is 65.3 cm³/mol. The molecule has 0 aliphatic rings. The Hall–Kier alpha value is -2.47. The molecule has 0 spiro atoms. The number of nitro groups is 1. The second-order valence-corrected chi connectivity index (χ2v) is 3.52. The van der Waals surface area contributed by atoms with E-state index in [1.807, 2.05) is 6.07 Å². The zero-order valence-electron chi connectivity index (χ0n) is 9.45. The summed E-state index contributed by atoms with van der Waals surface area (Å²) < 4.78 is 5.52. The average molecular weight is 245 g/mol. The normalized spacial score (nSPS) is 10.1. The van der Waals surface area contributed by atoms with Crippen molar-refractivity contribution in [1.29, 1.82) is 0 Å². The molecule has 0 aliphatic heterocycles. The lowest BCUT2D eigenvalue weighted by Gasteiger charge is -2.07. The van der Waals surface area contributed by atoms with E-state index in [0.29, 0.717) is 18.2 Å². The molecule has 92 valence electrons. The van der Waals surface area contributed by atoms with E-state index < -0.39 is 4.92 Å². The minimum atomic E-state index is -0.462. The summed E-state index contributed by atoms with van der Waals surface area (Å²) in [5.74, 6) is 0.892. The molecule has 0 amide bonds. The van der Waals surface area contributed by atoms with Crippen molar-refractivity contribution in [3.05, 3.63) is 58.3 Å². The number of nitrogens with two attached hydrogens (primary N) is 1. The van der Waals surface area contributed by atoms with Gasteiger partial charge in [0, 0.05) is 30.4 Å². The van der Waals surface area contributed by atoms with E-state index in [2.05, 4.69) is 4.98 Å². The van der Waals surface area contributed by atoms with E-state index in [-0.39, 0.29) is 5.69 Å². The Balaban J connectivity index is 2.21. The third-order valence-corrected chi connectivity index (χ3v) is 2.33. The number of hydrogen-bond acceptors (Lipinski definition) is 5. The van der Waals surface area contributed by atoms with Crippen molar-refractivity contribution in [3.63, 3.8) is 0 Å². The van der Waals surface area contributed by atoms with Crippen LogP contribution < -0.4 is 10.5 Å². The van der Waals surface area contributed by atoms with Crippen LogP contribution in [-0.2, 0) is 6.54 Å². The minimum Gasteiger partial charge on any atom is -0.439 e. The summed E-state index contributed by atoms with van der Waals surface area (Å²) in [5.41, 5.74) is 6.35. The van der Waals surface area contributed by atoms with E-state index in [1.165, 1.54) is 24.3 Å². The van der Waals surface area contributed by atoms with Crippen LogP contribution in [0.15, 0.2) is 42.6 Å². The smallest absolute Gasteiger partial charge is 0.269 e. The Morgan fingerprint density at radius 2 is 2.00 bits per heavy atom. The number of aromatic nitrogens is 1. The van der Waals surface area contributed by atoms with Crippen LogP contribution in [0, 0.1) is 10.1 Å². The van der Waals surface area contributed by atoms with Crippen LogP contribution in [0.2, 0.25) is 0 Å². The zero-order chi connectivity index (χ0) is 13.0. The summed E-state index contributed by atoms with van der Waals surface area (Å²) >= 11 is 0. The Bertz CT molecular complexity index is 555. The second kappa shape index (κ2) is 5.24. The summed E-state index contributed by atoms with van der Waals surface area (Å²) in [6.45, 7) is 0.316. The summed E-state index contributed by atoms with van der Waals surface area (Å²) in [5, 5.41) is 10.5. The third kappa shape index (κ3) is 2.61. The quantitative estimate of drug-likeness (QED) is 0.658. The van der Waals surface area contributed by atoms with Gasteiger partial charge in [-0.25, -0.2) is 4.98 Å². The first kappa shape index (κ1) is 12.0. The molecule has 0 unspecified atom stereocenters. The van der Waals surface area contributed by atoms with Gasteiger partial charge in [-0.05, 0) is 18.2 Å². The third-order valence-electron chi connectivity index (χ3n) is 2.33. The standard InChI is InChI=1S/C12H11N3O3/c13-8-9-2-1-7-14-12(9)18-11-5-3-10(4-6-11)15(16)17/h1-7H,8,13H2. The fourth-order valence-corrected chi connectivity index (χ4v) is 1.42. The van der Waals surface area contributed by atoms with Crippen molar-refractivity contribution < 1.29 is 9.66 Å². The highest BCUT2D eigenvalue weighted by Gasteiger charge is 2.07. The van der Waals surface area contributed by atoms with Gasteiger partial charge in [0.25, 0.3) is 5.69 Å². The van der Waals surface area contributed by atoms with Gasteiger partial charge in [0.1, 0.15) is 5.75 Å². The van der Waals surface area contributed by atoms with Gasteiger partial charge in [-0.3, -0.25) is 10.1 Å². The fraction of sp³-hybridized carbons (Fsp3) is 0.0833. The molecule has 0 aliphatic carbocycles. The van der Waals surface area contributed by atoms with Crippen LogP contribution in [0.3, 0.4) is 0 Å². The molecule has 6 nitrogen and oxygen atoms in total. The molecular weight excluding hydrogens is 234 g/mol. The van der Waals surface area contributed by atoms with Gasteiger partial charge >= 0.3 is 0 Å². The number of benzene rings is 1. The van der Waals surface area contributed by atoms with E-state index in [4.69, 9.17) is 10.5 Å². The van der Waals surface area contributed by atoms with Crippen molar-refractivity contribution in [2.75, 3.05) is 0 Å². The van der Waals surface area contributed by atoms with E-state index in [1.54, 1.807) is 12.3 Å². The lowest BCUT2D eigenvalue weighted by atomic mass is 10.2. The lowest BCUT2D eigenvalue weighted by molar-refractivity contribution is -0.384. The zero-order valence-corrected chi connectivity index (χ0v) is 9.45. The van der Waals surface area contributed by atoms with E-state index in [9.17, 15) is 10.1 Å². The van der Waals surface area contributed by atoms with Gasteiger partial charge in [0.2, 0.25) is 5.88 Å². The summed E-state index contributed by atoms with van der Waals surface area (Å²) in [7, 11) is 0. The molecule has 0 radical (unpaired) electrons. The van der Waals surface area contributed by atoms with Crippen molar-refractivity contribution >= 4 is 5.69 Å². The second-order valence-electron chi connectivity index (χ2n) is 3.52. The van der Waals surface area contributed by atoms with Gasteiger partial charge < -0.3 is 10.5 Å². The monoisotopic (exact) mass is 245 g/mol. The number of non-ortho nitro benzene ring substituents is 1. The summed E-state index contributed by atoms with van der Waals surface area (Å²) in [4.78, 5) is 14.1. The molecule has 0 saturated carbocycles. The number of nitro benzene ring substituents is 1. The molecule has 2 N–H and O–H groups in total. The Morgan fingerprint density at radius 3 is 2.61 bits per heavy atom. The van der Waals surface area contributed by atoms with Crippen molar-refractivity contribution in [1.82, 2.24) is 4.98 Å². The van der Waals surface area contributed by atoms with Gasteiger partial charge in [-0.1, -0.05) is 6.07 Å². The number of ether oxygens (including phenoxy) is 1. The maximum absolute atomic E-state index is 10.5. The van der Waals surface area contributed by atoms with Crippen LogP contribution in [0.25, 0.3) is 0 Å². The predicted octanol–water partition coefficient (Wildman–Crippen LogP) is 2.24. The number of nitrogens with zero attached hydrogens (tertiary/aromatic N) is 2. The summed E-state index contributed by atoms with van der Waals surface area (Å²) in [6, 6.07) is 9.37. The minimum absolute atomic E-state index is 0.0161. The van der Waals surface area contributed by atoms with Gasteiger partial charge in [-0.15, -0.1) is 0 Å². The van der Waals surface area contributed by atoms with Crippen molar-refractivity contribution in [2.24, 2.45) is 5.73 Å². The maximum Gasteiger partial charge on any atom is 0.269 e. The molecule has 0 saturated heterocycles. The SMILES string of the molecule is NCc1cccnc1Oc1ccc([N+](=O)[O-])cc1. The van der Waals surface area contributed by atoms with Crippen LogP contribution in [0.1, 0.15) is 5.56 Å². The maximum atomic E-state index is 10.5. The van der Waals surface area contributed by atoms with Crippen molar-refractivity contribution in [2.45, 2.75) is 6.54 Å². The van der Waals surface area contributed by atoms with Crippen LogP contribution in [0.4, 0.5) is 5.69 Å². The number of rotatable bonds is 4. The number of pyridine rings is 1. The lowest BCUT2D eigenvalue weighted by Crippen LogP contribution is -2.00. The van der Waals surface area contributed by atoms with Crippen LogP contribution >= 0.6 is 0 Å². The van der Waals surface area contributed by atoms with Crippen LogP contribution in [-0.4, -0.2) is 9.91 Å². The molecule has 0 atom stereocenters. The highest BCUT2D eigenvalue weighted by Crippen LogP contribution is 2.24. The Morgan fingerprint density at radius 1 is 1.28 bits per heavy atom. The fourth-order valence-electron chi connectivity index (χ4n) is 1.42. The first-order valence-corrected chi connectivity index (χ1v) is 5.27. The Kier molecular flexibility index (Phi) is 3.49. The molecule has 2 rings (SSSR count). The van der Waals surface area contributed by atoms with Gasteiger partial charge in [0.05, 0.1) is 4.92 Å². The summed E-state index contributed by atoms with van der Waals surface area (Å²) in [6.07, 6.45) is 1.60. The molecule has 18 heavy (non-hydrogen) atoms. The van der Waals surface area contributed by atoms with E-state index in [0.717, 1.165) is 5.56 Å². The van der Waals surface area contributed by atoms with Crippen LogP contribution in [0.5, 0.6) is 11.6 Å². The highest BCUT2D eigenvalue weighted by atomic mass is 16.6. The molecule has 1 heterocycles.